The highest BCUT2D eigenvalue weighted by molar-refractivity contribution is 6.32. The number of aromatic nitrogens is 2. The van der Waals surface area contributed by atoms with Crippen LogP contribution >= 0.6 is 11.6 Å². The van der Waals surface area contributed by atoms with Gasteiger partial charge in [-0.2, -0.15) is 0 Å². The summed E-state index contributed by atoms with van der Waals surface area (Å²) in [5.41, 5.74) is 1.62. The number of hydrogen-bond donors (Lipinski definition) is 2. The Morgan fingerprint density at radius 1 is 1.27 bits per heavy atom. The molecule has 1 aliphatic heterocycles. The molecule has 0 fully saturated rings. The Kier molecular flexibility index (Phi) is 4.31. The molecule has 0 amide bonds. The van der Waals surface area contributed by atoms with Gasteiger partial charge in [-0.1, -0.05) is 11.6 Å². The van der Waals surface area contributed by atoms with Gasteiger partial charge in [-0.25, -0.2) is 9.97 Å². The predicted molar refractivity (Wildman–Crippen MR) is 82.7 cm³/mol. The van der Waals surface area contributed by atoms with Gasteiger partial charge in [0.1, 0.15) is 13.2 Å². The van der Waals surface area contributed by atoms with Crippen LogP contribution in [0.15, 0.2) is 24.5 Å². The Morgan fingerprint density at radius 3 is 2.77 bits per heavy atom. The number of aryl methyl sites for hydroxylation is 1. The van der Waals surface area contributed by atoms with Crippen molar-refractivity contribution in [2.75, 3.05) is 25.1 Å². The maximum absolute atomic E-state index is 10.3. The molecule has 0 aliphatic carbocycles. The zero-order valence-corrected chi connectivity index (χ0v) is 12.8. The highest BCUT2D eigenvalue weighted by Crippen LogP contribution is 2.39. The third kappa shape index (κ3) is 3.23. The van der Waals surface area contributed by atoms with Crippen molar-refractivity contribution < 1.29 is 14.6 Å². The van der Waals surface area contributed by atoms with Crippen LogP contribution in [0.3, 0.4) is 0 Å². The first kappa shape index (κ1) is 14.9. The van der Waals surface area contributed by atoms with Crippen LogP contribution in [0.4, 0.5) is 5.95 Å². The number of halogens is 1. The standard InChI is InChI=1S/C15H16ClN3O3/c1-9-6-17-15(18-7-9)19-8-12(20)10-4-11(16)14-13(5-10)21-2-3-22-14/h4-7,12,20H,2-3,8H2,1H3,(H,17,18,19). The molecule has 2 heterocycles. The van der Waals surface area contributed by atoms with Crippen LogP contribution in [0.2, 0.25) is 5.02 Å². The fourth-order valence-electron chi connectivity index (χ4n) is 2.11. The second-order valence-electron chi connectivity index (χ2n) is 5.01. The van der Waals surface area contributed by atoms with Crippen molar-refractivity contribution in [3.05, 3.63) is 40.7 Å². The third-order valence-corrected chi connectivity index (χ3v) is 3.52. The molecule has 1 unspecified atom stereocenters. The fraction of sp³-hybridized carbons (Fsp3) is 0.333. The molecule has 0 bridgehead atoms. The Hall–Kier alpha value is -2.05. The van der Waals surface area contributed by atoms with Gasteiger partial charge in [0.15, 0.2) is 11.5 Å². The summed E-state index contributed by atoms with van der Waals surface area (Å²) in [6, 6.07) is 3.42. The number of nitrogens with zero attached hydrogens (tertiary/aromatic N) is 2. The lowest BCUT2D eigenvalue weighted by atomic mass is 10.1. The Labute approximate surface area is 133 Å². The lowest BCUT2D eigenvalue weighted by molar-refractivity contribution is 0.167. The molecule has 1 atom stereocenters. The SMILES string of the molecule is Cc1cnc(NCC(O)c2cc(Cl)c3c(c2)OCCO3)nc1. The van der Waals surface area contributed by atoms with Crippen LogP contribution < -0.4 is 14.8 Å². The largest absolute Gasteiger partial charge is 0.486 e. The highest BCUT2D eigenvalue weighted by Gasteiger charge is 2.19. The molecule has 2 N–H and O–H groups in total. The van der Waals surface area contributed by atoms with E-state index >= 15 is 0 Å². The van der Waals surface area contributed by atoms with Crippen LogP contribution in [-0.4, -0.2) is 34.8 Å². The van der Waals surface area contributed by atoms with E-state index in [0.717, 1.165) is 5.56 Å². The van der Waals surface area contributed by atoms with E-state index in [0.29, 0.717) is 41.2 Å². The number of fused-ring (bicyclic) bond motifs is 1. The number of aliphatic hydroxyl groups excluding tert-OH is 1. The average molecular weight is 322 g/mol. The van der Waals surface area contributed by atoms with Gasteiger partial charge in [-0.3, -0.25) is 0 Å². The summed E-state index contributed by atoms with van der Waals surface area (Å²) in [6.45, 7) is 3.12. The van der Waals surface area contributed by atoms with Gasteiger partial charge in [0.2, 0.25) is 5.95 Å². The van der Waals surface area contributed by atoms with E-state index in [1.165, 1.54) is 0 Å². The van der Waals surface area contributed by atoms with Gasteiger partial charge in [0.05, 0.1) is 11.1 Å². The number of benzene rings is 1. The first-order chi connectivity index (χ1) is 10.6. The zero-order chi connectivity index (χ0) is 15.5. The van der Waals surface area contributed by atoms with Crippen LogP contribution in [0.25, 0.3) is 0 Å². The van der Waals surface area contributed by atoms with Gasteiger partial charge in [0, 0.05) is 18.9 Å². The van der Waals surface area contributed by atoms with Gasteiger partial charge in [0.25, 0.3) is 0 Å². The minimum Gasteiger partial charge on any atom is -0.486 e. The fourth-order valence-corrected chi connectivity index (χ4v) is 2.39. The summed E-state index contributed by atoms with van der Waals surface area (Å²) in [6.07, 6.45) is 2.66. The van der Waals surface area contributed by atoms with Crippen molar-refractivity contribution in [2.45, 2.75) is 13.0 Å². The molecule has 6 nitrogen and oxygen atoms in total. The topological polar surface area (TPSA) is 76.5 Å². The summed E-state index contributed by atoms with van der Waals surface area (Å²) < 4.78 is 11.0. The highest BCUT2D eigenvalue weighted by atomic mass is 35.5. The Morgan fingerprint density at radius 2 is 2.00 bits per heavy atom. The molecule has 7 heteroatoms. The number of anilines is 1. The minimum absolute atomic E-state index is 0.263. The summed E-state index contributed by atoms with van der Waals surface area (Å²) >= 11 is 6.16. The van der Waals surface area contributed by atoms with Crippen LogP contribution in [0.1, 0.15) is 17.2 Å². The average Bonchev–Trinajstić information content (AvgIpc) is 2.54. The Balaban J connectivity index is 1.70. The predicted octanol–water partition coefficient (Wildman–Crippen LogP) is 2.36. The van der Waals surface area contributed by atoms with Gasteiger partial charge < -0.3 is 19.9 Å². The second kappa shape index (κ2) is 6.37. The summed E-state index contributed by atoms with van der Waals surface area (Å²) in [4.78, 5) is 8.26. The molecule has 1 aromatic carbocycles. The summed E-state index contributed by atoms with van der Waals surface area (Å²) in [5.74, 6) is 1.55. The maximum atomic E-state index is 10.3. The summed E-state index contributed by atoms with van der Waals surface area (Å²) in [5, 5.41) is 13.7. The number of hydrogen-bond acceptors (Lipinski definition) is 6. The normalized spacial score (nSPS) is 14.5. The van der Waals surface area contributed by atoms with Crippen LogP contribution in [0, 0.1) is 6.92 Å². The summed E-state index contributed by atoms with van der Waals surface area (Å²) in [7, 11) is 0. The molecule has 3 rings (SSSR count). The molecular formula is C15H16ClN3O3. The number of aliphatic hydroxyl groups is 1. The maximum Gasteiger partial charge on any atom is 0.222 e. The quantitative estimate of drug-likeness (QED) is 0.900. The number of nitrogens with one attached hydrogen (secondary N) is 1. The zero-order valence-electron chi connectivity index (χ0n) is 12.0. The molecule has 0 radical (unpaired) electrons. The smallest absolute Gasteiger partial charge is 0.222 e. The van der Waals surface area contributed by atoms with Crippen molar-refractivity contribution >= 4 is 17.5 Å². The molecule has 116 valence electrons. The first-order valence-corrected chi connectivity index (χ1v) is 7.31. The van der Waals surface area contributed by atoms with Gasteiger partial charge in [-0.15, -0.1) is 0 Å². The second-order valence-corrected chi connectivity index (χ2v) is 5.41. The molecule has 0 spiro atoms. The van der Waals surface area contributed by atoms with Crippen LogP contribution in [-0.2, 0) is 0 Å². The van der Waals surface area contributed by atoms with Crippen molar-refractivity contribution in [1.82, 2.24) is 9.97 Å². The monoisotopic (exact) mass is 321 g/mol. The molecule has 0 saturated carbocycles. The number of rotatable bonds is 4. The molecule has 1 aliphatic rings. The molecular weight excluding hydrogens is 306 g/mol. The van der Waals surface area contributed by atoms with Crippen molar-refractivity contribution in [1.29, 1.82) is 0 Å². The van der Waals surface area contributed by atoms with Gasteiger partial charge in [-0.05, 0) is 30.2 Å². The van der Waals surface area contributed by atoms with Crippen molar-refractivity contribution in [3.63, 3.8) is 0 Å². The minimum atomic E-state index is -0.766. The van der Waals surface area contributed by atoms with Crippen molar-refractivity contribution in [2.24, 2.45) is 0 Å². The Bertz CT molecular complexity index is 664. The van der Waals surface area contributed by atoms with Crippen molar-refractivity contribution in [3.8, 4) is 11.5 Å². The van der Waals surface area contributed by atoms with E-state index in [9.17, 15) is 5.11 Å². The van der Waals surface area contributed by atoms with Crippen LogP contribution in [0.5, 0.6) is 11.5 Å². The van der Waals surface area contributed by atoms with E-state index in [-0.39, 0.29) is 6.54 Å². The lowest BCUT2D eigenvalue weighted by Crippen LogP contribution is -2.17. The molecule has 22 heavy (non-hydrogen) atoms. The lowest BCUT2D eigenvalue weighted by Gasteiger charge is -2.21. The van der Waals surface area contributed by atoms with E-state index < -0.39 is 6.10 Å². The van der Waals surface area contributed by atoms with Gasteiger partial charge >= 0.3 is 0 Å². The third-order valence-electron chi connectivity index (χ3n) is 3.24. The first-order valence-electron chi connectivity index (χ1n) is 6.93. The molecule has 0 saturated heterocycles. The molecule has 2 aromatic rings. The van der Waals surface area contributed by atoms with E-state index in [1.807, 2.05) is 6.92 Å². The molecule has 1 aromatic heterocycles. The van der Waals surface area contributed by atoms with E-state index in [4.69, 9.17) is 21.1 Å². The van der Waals surface area contributed by atoms with E-state index in [2.05, 4.69) is 15.3 Å². The van der Waals surface area contributed by atoms with E-state index in [1.54, 1.807) is 24.5 Å². The number of ether oxygens (including phenoxy) is 2.